The third-order valence-electron chi connectivity index (χ3n) is 7.45. The molecule has 32 heavy (non-hydrogen) atoms. The standard InChI is InChI=1S/C28H33N3Si/c1-7-28(8-2)20(3)27-30(21-14-10-9-11-15-21)24-18-19-25(32(4,5)6)29-26(24)31(27)23-17-13-12-16-22(23)28/h9-19,27H,3,7-8H2,1-2,4-6H3. The van der Waals surface area contributed by atoms with Gasteiger partial charge in [-0.3, -0.25) is 4.90 Å². The Morgan fingerprint density at radius 3 is 2.16 bits per heavy atom. The highest BCUT2D eigenvalue weighted by Crippen LogP contribution is 2.58. The van der Waals surface area contributed by atoms with Crippen LogP contribution in [-0.4, -0.2) is 19.2 Å². The van der Waals surface area contributed by atoms with E-state index in [0.717, 1.165) is 18.7 Å². The predicted molar refractivity (Wildman–Crippen MR) is 140 cm³/mol. The summed E-state index contributed by atoms with van der Waals surface area (Å²) in [5, 5.41) is 1.25. The van der Waals surface area contributed by atoms with Crippen LogP contribution in [0, 0.1) is 0 Å². The van der Waals surface area contributed by atoms with Gasteiger partial charge in [0.2, 0.25) is 0 Å². The van der Waals surface area contributed by atoms with Crippen LogP contribution in [0.5, 0.6) is 0 Å². The predicted octanol–water partition coefficient (Wildman–Crippen LogP) is 6.87. The van der Waals surface area contributed by atoms with Gasteiger partial charge in [0.1, 0.15) is 14.2 Å². The minimum atomic E-state index is -1.56. The zero-order valence-electron chi connectivity index (χ0n) is 19.9. The lowest BCUT2D eigenvalue weighted by atomic mass is 9.66. The maximum atomic E-state index is 5.32. The molecule has 0 amide bonds. The van der Waals surface area contributed by atoms with Crippen LogP contribution < -0.4 is 15.1 Å². The second kappa shape index (κ2) is 7.34. The normalized spacial score (nSPS) is 18.9. The number of hydrogen-bond donors (Lipinski definition) is 0. The number of pyridine rings is 1. The summed E-state index contributed by atoms with van der Waals surface area (Å²) in [6, 6.07) is 24.2. The van der Waals surface area contributed by atoms with Crippen LogP contribution in [0.3, 0.4) is 0 Å². The fraction of sp³-hybridized carbons (Fsp3) is 0.321. The molecule has 0 N–H and O–H groups in total. The largest absolute Gasteiger partial charge is 0.313 e. The molecule has 1 atom stereocenters. The van der Waals surface area contributed by atoms with Gasteiger partial charge in [0.05, 0.1) is 5.69 Å². The Balaban J connectivity index is 1.83. The molecule has 0 saturated carbocycles. The number of benzene rings is 2. The van der Waals surface area contributed by atoms with Crippen molar-refractivity contribution in [2.75, 3.05) is 9.80 Å². The molecule has 0 saturated heterocycles. The Kier molecular flexibility index (Phi) is 4.82. The van der Waals surface area contributed by atoms with Gasteiger partial charge < -0.3 is 4.90 Å². The van der Waals surface area contributed by atoms with E-state index in [2.05, 4.69) is 110 Å². The van der Waals surface area contributed by atoms with Gasteiger partial charge >= 0.3 is 0 Å². The fourth-order valence-electron chi connectivity index (χ4n) is 5.61. The minimum Gasteiger partial charge on any atom is -0.313 e. The summed E-state index contributed by atoms with van der Waals surface area (Å²) in [5.74, 6) is 1.06. The lowest BCUT2D eigenvalue weighted by molar-refractivity contribution is 0.425. The lowest BCUT2D eigenvalue weighted by Gasteiger charge is -2.49. The summed E-state index contributed by atoms with van der Waals surface area (Å²) in [5.41, 5.74) is 6.22. The van der Waals surface area contributed by atoms with Crippen LogP contribution in [-0.2, 0) is 5.41 Å². The first-order chi connectivity index (χ1) is 15.3. The SMILES string of the molecule is C=C1C2N(c3ccccc3)c3ccc([Si](C)(C)C)nc3N2c2ccccc2C1(CC)CC. The average molecular weight is 440 g/mol. The van der Waals surface area contributed by atoms with Crippen molar-refractivity contribution < 1.29 is 0 Å². The van der Waals surface area contributed by atoms with Gasteiger partial charge in [-0.25, -0.2) is 4.98 Å². The Labute approximate surface area is 193 Å². The van der Waals surface area contributed by atoms with Crippen LogP contribution in [0.25, 0.3) is 0 Å². The number of aromatic nitrogens is 1. The van der Waals surface area contributed by atoms with Crippen molar-refractivity contribution in [3.63, 3.8) is 0 Å². The molecule has 1 aromatic heterocycles. The molecule has 0 spiro atoms. The van der Waals surface area contributed by atoms with Crippen LogP contribution in [0.1, 0.15) is 32.3 Å². The number of para-hydroxylation sites is 2. The summed E-state index contributed by atoms with van der Waals surface area (Å²) in [7, 11) is -1.56. The van der Waals surface area contributed by atoms with Crippen molar-refractivity contribution in [3.05, 3.63) is 84.4 Å². The molecule has 1 unspecified atom stereocenters. The highest BCUT2D eigenvalue weighted by Gasteiger charge is 2.52. The molecule has 0 bridgehead atoms. The number of nitrogens with zero attached hydrogens (tertiary/aromatic N) is 3. The van der Waals surface area contributed by atoms with Gasteiger partial charge in [-0.15, -0.1) is 0 Å². The van der Waals surface area contributed by atoms with E-state index >= 15 is 0 Å². The Hall–Kier alpha value is -2.85. The summed E-state index contributed by atoms with van der Waals surface area (Å²) in [4.78, 5) is 10.2. The summed E-state index contributed by atoms with van der Waals surface area (Å²) in [6.45, 7) is 16.5. The van der Waals surface area contributed by atoms with E-state index in [9.17, 15) is 0 Å². The first-order valence-electron chi connectivity index (χ1n) is 11.8. The van der Waals surface area contributed by atoms with Crippen LogP contribution in [0.4, 0.5) is 22.9 Å². The van der Waals surface area contributed by atoms with E-state index < -0.39 is 8.07 Å². The Morgan fingerprint density at radius 2 is 1.50 bits per heavy atom. The highest BCUT2D eigenvalue weighted by molar-refractivity contribution is 6.88. The van der Waals surface area contributed by atoms with Gasteiger partial charge in [-0.2, -0.15) is 0 Å². The van der Waals surface area contributed by atoms with Gasteiger partial charge in [0.25, 0.3) is 0 Å². The monoisotopic (exact) mass is 439 g/mol. The molecule has 3 aromatic rings. The second-order valence-electron chi connectivity index (χ2n) is 10.1. The average Bonchev–Trinajstić information content (AvgIpc) is 3.15. The summed E-state index contributed by atoms with van der Waals surface area (Å²) < 4.78 is 0. The lowest BCUT2D eigenvalue weighted by Crippen LogP contribution is -2.51. The molecule has 164 valence electrons. The smallest absolute Gasteiger partial charge is 0.158 e. The molecule has 3 nitrogen and oxygen atoms in total. The highest BCUT2D eigenvalue weighted by atomic mass is 28.3. The molecule has 0 fully saturated rings. The van der Waals surface area contributed by atoms with E-state index in [-0.39, 0.29) is 11.6 Å². The van der Waals surface area contributed by atoms with E-state index in [0.29, 0.717) is 0 Å². The maximum Gasteiger partial charge on any atom is 0.158 e. The van der Waals surface area contributed by atoms with Crippen LogP contribution >= 0.6 is 0 Å². The Morgan fingerprint density at radius 1 is 0.844 bits per heavy atom. The third-order valence-corrected chi connectivity index (χ3v) is 9.26. The molecule has 5 rings (SSSR count). The number of hydrogen-bond acceptors (Lipinski definition) is 3. The van der Waals surface area contributed by atoms with E-state index in [1.54, 1.807) is 0 Å². The molecule has 0 aliphatic carbocycles. The zero-order valence-corrected chi connectivity index (χ0v) is 20.9. The molecular formula is C28H33N3Si. The molecule has 2 aromatic carbocycles. The number of fused-ring (bicyclic) bond motifs is 5. The quantitative estimate of drug-likeness (QED) is 0.327. The van der Waals surface area contributed by atoms with Crippen molar-refractivity contribution in [1.29, 1.82) is 0 Å². The molecular weight excluding hydrogens is 406 g/mol. The van der Waals surface area contributed by atoms with Gasteiger partial charge in [0.15, 0.2) is 5.82 Å². The summed E-state index contributed by atoms with van der Waals surface area (Å²) >= 11 is 0. The Bertz CT molecular complexity index is 1170. The van der Waals surface area contributed by atoms with E-state index in [1.807, 2.05) is 0 Å². The second-order valence-corrected chi connectivity index (χ2v) is 15.1. The van der Waals surface area contributed by atoms with Crippen LogP contribution in [0.2, 0.25) is 19.6 Å². The number of anilines is 4. The molecule has 3 heterocycles. The first-order valence-corrected chi connectivity index (χ1v) is 15.3. The fourth-order valence-corrected chi connectivity index (χ4v) is 6.63. The zero-order chi connectivity index (χ0) is 22.7. The van der Waals surface area contributed by atoms with Crippen molar-refractivity contribution in [1.82, 2.24) is 4.98 Å². The van der Waals surface area contributed by atoms with E-state index in [4.69, 9.17) is 11.6 Å². The molecule has 4 heteroatoms. The van der Waals surface area contributed by atoms with Gasteiger partial charge in [-0.05, 0) is 54.3 Å². The number of rotatable bonds is 4. The third kappa shape index (κ3) is 2.82. The van der Waals surface area contributed by atoms with Crippen molar-refractivity contribution in [2.24, 2.45) is 0 Å². The summed E-state index contributed by atoms with van der Waals surface area (Å²) in [6.07, 6.45) is 2.10. The van der Waals surface area contributed by atoms with Gasteiger partial charge in [0, 0.05) is 22.1 Å². The van der Waals surface area contributed by atoms with Crippen molar-refractivity contribution in [3.8, 4) is 0 Å². The topological polar surface area (TPSA) is 19.4 Å². The first kappa shape index (κ1) is 21.0. The van der Waals surface area contributed by atoms with E-state index in [1.165, 1.54) is 33.5 Å². The molecule has 2 aliphatic heterocycles. The molecule has 0 radical (unpaired) electrons. The molecule has 2 aliphatic rings. The maximum absolute atomic E-state index is 5.32. The van der Waals surface area contributed by atoms with Crippen molar-refractivity contribution in [2.45, 2.75) is 57.9 Å². The van der Waals surface area contributed by atoms with Crippen LogP contribution in [0.15, 0.2) is 78.9 Å². The minimum absolute atomic E-state index is 0.0200. The van der Waals surface area contributed by atoms with Gasteiger partial charge in [-0.1, -0.05) is 76.5 Å². The van der Waals surface area contributed by atoms with Crippen molar-refractivity contribution >= 4 is 36.3 Å².